The molecule has 7 aromatic carbocycles. The molecule has 2 nitrogen and oxygen atoms in total. The topological polar surface area (TPSA) is 9.86 Å². The van der Waals surface area contributed by atoms with Gasteiger partial charge in [-0.05, 0) is 75.8 Å². The molecule has 2 heteroatoms. The zero-order chi connectivity index (χ0) is 31.3. The first-order chi connectivity index (χ1) is 23.1. The highest BCUT2D eigenvalue weighted by Gasteiger charge is 2.35. The van der Waals surface area contributed by atoms with Crippen LogP contribution in [0.2, 0.25) is 0 Å². The standard InChI is InChI=1S/C45H32N2/c1-45(2)38-17-9-6-14-33(38)37-28-32(24-26-39(37)45)46-41-19-11-8-16-36(41)43-42(46)27-25-35-34-15-7-10-18-40(34)47(44(35)43)31-22-20-30(21-23-31)29-12-4-3-5-13-29/h3-28H,1-2H3. The molecule has 0 N–H and O–H groups in total. The van der Waals surface area contributed by atoms with Crippen LogP contribution < -0.4 is 0 Å². The second-order valence-corrected chi connectivity index (χ2v) is 13.4. The Labute approximate surface area is 273 Å². The van der Waals surface area contributed by atoms with Crippen LogP contribution in [0.1, 0.15) is 25.0 Å². The Balaban J connectivity index is 1.27. The first-order valence-corrected chi connectivity index (χ1v) is 16.5. The van der Waals surface area contributed by atoms with Gasteiger partial charge in [0.25, 0.3) is 0 Å². The number of para-hydroxylation sites is 2. The predicted octanol–water partition coefficient (Wildman–Crippen LogP) is 11.9. The van der Waals surface area contributed by atoms with E-state index in [0.29, 0.717) is 0 Å². The van der Waals surface area contributed by atoms with Crippen molar-refractivity contribution in [2.45, 2.75) is 19.3 Å². The second-order valence-electron chi connectivity index (χ2n) is 13.4. The fraction of sp³-hybridized carbons (Fsp3) is 0.0667. The van der Waals surface area contributed by atoms with E-state index in [0.717, 1.165) is 5.69 Å². The zero-order valence-electron chi connectivity index (χ0n) is 26.4. The zero-order valence-corrected chi connectivity index (χ0v) is 26.4. The Morgan fingerprint density at radius 2 is 1.02 bits per heavy atom. The van der Waals surface area contributed by atoms with Crippen LogP contribution in [-0.4, -0.2) is 9.13 Å². The van der Waals surface area contributed by atoms with Crippen LogP contribution in [0, 0.1) is 0 Å². The van der Waals surface area contributed by atoms with Crippen LogP contribution in [0.15, 0.2) is 158 Å². The highest BCUT2D eigenvalue weighted by atomic mass is 15.0. The van der Waals surface area contributed by atoms with Crippen molar-refractivity contribution in [1.29, 1.82) is 0 Å². The van der Waals surface area contributed by atoms with Crippen molar-refractivity contribution in [2.24, 2.45) is 0 Å². The fourth-order valence-corrected chi connectivity index (χ4v) is 8.34. The minimum absolute atomic E-state index is 0.0194. The lowest BCUT2D eigenvalue weighted by Gasteiger charge is -2.21. The van der Waals surface area contributed by atoms with Gasteiger partial charge in [-0.25, -0.2) is 0 Å². The summed E-state index contributed by atoms with van der Waals surface area (Å²) in [7, 11) is 0. The summed E-state index contributed by atoms with van der Waals surface area (Å²) in [6.45, 7) is 4.69. The van der Waals surface area contributed by atoms with Gasteiger partial charge in [-0.15, -0.1) is 0 Å². The van der Waals surface area contributed by atoms with Gasteiger partial charge in [0.05, 0.1) is 22.1 Å². The minimum atomic E-state index is -0.0194. The monoisotopic (exact) mass is 600 g/mol. The molecule has 1 aliphatic rings. The number of rotatable bonds is 3. The molecule has 0 bridgehead atoms. The molecule has 47 heavy (non-hydrogen) atoms. The van der Waals surface area contributed by atoms with Crippen molar-refractivity contribution in [1.82, 2.24) is 9.13 Å². The molecule has 0 unspecified atom stereocenters. The summed E-state index contributed by atoms with van der Waals surface area (Å²) in [4.78, 5) is 0. The van der Waals surface area contributed by atoms with Gasteiger partial charge in [0.2, 0.25) is 0 Å². The average molecular weight is 601 g/mol. The van der Waals surface area contributed by atoms with E-state index in [9.17, 15) is 0 Å². The highest BCUT2D eigenvalue weighted by molar-refractivity contribution is 6.26. The molecular formula is C45H32N2. The maximum Gasteiger partial charge on any atom is 0.0641 e. The Morgan fingerprint density at radius 1 is 0.404 bits per heavy atom. The van der Waals surface area contributed by atoms with Gasteiger partial charge in [0.1, 0.15) is 0 Å². The number of hydrogen-bond donors (Lipinski definition) is 0. The van der Waals surface area contributed by atoms with Crippen LogP contribution in [0.3, 0.4) is 0 Å². The van der Waals surface area contributed by atoms with Crippen molar-refractivity contribution in [3.05, 3.63) is 169 Å². The van der Waals surface area contributed by atoms with Crippen LogP contribution in [0.25, 0.3) is 77.2 Å². The Hall–Kier alpha value is -5.86. The summed E-state index contributed by atoms with van der Waals surface area (Å²) < 4.78 is 4.94. The number of aromatic nitrogens is 2. The van der Waals surface area contributed by atoms with Crippen molar-refractivity contribution < 1.29 is 0 Å². The molecule has 0 spiro atoms. The molecular weight excluding hydrogens is 569 g/mol. The molecule has 0 radical (unpaired) electrons. The van der Waals surface area contributed by atoms with Crippen molar-refractivity contribution in [3.63, 3.8) is 0 Å². The van der Waals surface area contributed by atoms with Gasteiger partial charge >= 0.3 is 0 Å². The molecule has 0 saturated carbocycles. The van der Waals surface area contributed by atoms with Gasteiger partial charge in [-0.2, -0.15) is 0 Å². The Kier molecular flexibility index (Phi) is 5.37. The summed E-state index contributed by atoms with van der Waals surface area (Å²) in [5.41, 5.74) is 15.2. The third-order valence-corrected chi connectivity index (χ3v) is 10.5. The lowest BCUT2D eigenvalue weighted by Crippen LogP contribution is -2.14. The van der Waals surface area contributed by atoms with Gasteiger partial charge in [0, 0.05) is 38.3 Å². The summed E-state index contributed by atoms with van der Waals surface area (Å²) in [5.74, 6) is 0. The van der Waals surface area contributed by atoms with E-state index in [1.54, 1.807) is 0 Å². The first-order valence-electron chi connectivity index (χ1n) is 16.5. The lowest BCUT2D eigenvalue weighted by atomic mass is 9.82. The van der Waals surface area contributed by atoms with E-state index in [1.807, 2.05) is 0 Å². The van der Waals surface area contributed by atoms with E-state index in [1.165, 1.54) is 82.7 Å². The lowest BCUT2D eigenvalue weighted by molar-refractivity contribution is 0.660. The van der Waals surface area contributed by atoms with E-state index >= 15 is 0 Å². The molecule has 0 atom stereocenters. The number of benzene rings is 7. The quantitative estimate of drug-likeness (QED) is 0.191. The Bertz CT molecular complexity index is 2680. The summed E-state index contributed by atoms with van der Waals surface area (Å²) in [5, 5.41) is 5.08. The van der Waals surface area contributed by atoms with Crippen molar-refractivity contribution >= 4 is 43.6 Å². The van der Waals surface area contributed by atoms with E-state index in [-0.39, 0.29) is 5.41 Å². The maximum atomic E-state index is 2.47. The van der Waals surface area contributed by atoms with Gasteiger partial charge in [-0.1, -0.05) is 129 Å². The molecule has 0 amide bonds. The molecule has 0 fully saturated rings. The van der Waals surface area contributed by atoms with Crippen molar-refractivity contribution in [2.75, 3.05) is 0 Å². The van der Waals surface area contributed by atoms with Crippen LogP contribution in [0.4, 0.5) is 0 Å². The molecule has 0 aliphatic heterocycles. The SMILES string of the molecule is CC1(C)c2ccccc2-c2cc(-n3c4ccccc4c4c3ccc3c5ccccc5n(-c5ccc(-c6ccccc6)cc5)c34)ccc21. The van der Waals surface area contributed by atoms with Crippen LogP contribution >= 0.6 is 0 Å². The largest absolute Gasteiger partial charge is 0.309 e. The normalized spacial score (nSPS) is 13.5. The predicted molar refractivity (Wildman–Crippen MR) is 198 cm³/mol. The fourth-order valence-electron chi connectivity index (χ4n) is 8.34. The van der Waals surface area contributed by atoms with Gasteiger partial charge in [0.15, 0.2) is 0 Å². The van der Waals surface area contributed by atoms with E-state index < -0.39 is 0 Å². The van der Waals surface area contributed by atoms with Gasteiger partial charge < -0.3 is 9.13 Å². The molecule has 2 heterocycles. The number of fused-ring (bicyclic) bond motifs is 10. The summed E-state index contributed by atoms with van der Waals surface area (Å²) >= 11 is 0. The summed E-state index contributed by atoms with van der Waals surface area (Å²) in [6, 6.07) is 58.0. The highest BCUT2D eigenvalue weighted by Crippen LogP contribution is 2.50. The molecule has 2 aromatic heterocycles. The third-order valence-electron chi connectivity index (χ3n) is 10.5. The van der Waals surface area contributed by atoms with E-state index in [2.05, 4.69) is 181 Å². The smallest absolute Gasteiger partial charge is 0.0641 e. The average Bonchev–Trinajstić information content (AvgIpc) is 3.72. The van der Waals surface area contributed by atoms with E-state index in [4.69, 9.17) is 0 Å². The third kappa shape index (κ3) is 3.61. The van der Waals surface area contributed by atoms with Crippen molar-refractivity contribution in [3.8, 4) is 33.6 Å². The summed E-state index contributed by atoms with van der Waals surface area (Å²) in [6.07, 6.45) is 0. The van der Waals surface area contributed by atoms with Crippen LogP contribution in [0.5, 0.6) is 0 Å². The number of nitrogens with zero attached hydrogens (tertiary/aromatic N) is 2. The minimum Gasteiger partial charge on any atom is -0.309 e. The molecule has 9 aromatic rings. The molecule has 222 valence electrons. The maximum absolute atomic E-state index is 2.47. The van der Waals surface area contributed by atoms with Gasteiger partial charge in [-0.3, -0.25) is 0 Å². The van der Waals surface area contributed by atoms with Crippen LogP contribution in [-0.2, 0) is 5.41 Å². The second kappa shape index (κ2) is 9.57. The first kappa shape index (κ1) is 26.4. The Morgan fingerprint density at radius 3 is 1.83 bits per heavy atom. The number of hydrogen-bond acceptors (Lipinski definition) is 0. The molecule has 0 saturated heterocycles. The molecule has 10 rings (SSSR count). The molecule has 1 aliphatic carbocycles.